The molecule has 0 rings (SSSR count). The van der Waals surface area contributed by atoms with Gasteiger partial charge in [0.2, 0.25) is 0 Å². The normalized spacial score (nSPS) is 11.4. The van der Waals surface area contributed by atoms with E-state index in [-0.39, 0.29) is 0 Å². The molecule has 0 aromatic heterocycles. The molecule has 0 bridgehead atoms. The third-order valence-corrected chi connectivity index (χ3v) is 2.93. The van der Waals surface area contributed by atoms with Crippen molar-refractivity contribution in [2.24, 2.45) is 0 Å². The number of ether oxygens (including phenoxy) is 3. The van der Waals surface area contributed by atoms with Crippen molar-refractivity contribution in [1.82, 2.24) is 10.2 Å². The van der Waals surface area contributed by atoms with Crippen LogP contribution in [0.15, 0.2) is 0 Å². The molecule has 0 spiro atoms. The van der Waals surface area contributed by atoms with Crippen LogP contribution in [-0.2, 0) is 14.2 Å². The van der Waals surface area contributed by atoms with E-state index < -0.39 is 0 Å². The second-order valence-corrected chi connectivity index (χ2v) is 4.35. The highest BCUT2D eigenvalue weighted by Gasteiger charge is 1.97. The average molecular weight is 276 g/mol. The monoisotopic (exact) mass is 276 g/mol. The van der Waals surface area contributed by atoms with E-state index in [0.29, 0.717) is 13.2 Å². The molecule has 0 radical (unpaired) electrons. The summed E-state index contributed by atoms with van der Waals surface area (Å²) >= 11 is 0. The van der Waals surface area contributed by atoms with Gasteiger partial charge in [0, 0.05) is 40.0 Å². The highest BCUT2D eigenvalue weighted by atomic mass is 16.5. The molecule has 0 unspecified atom stereocenters. The maximum Gasteiger partial charge on any atom is 0.0700 e. The van der Waals surface area contributed by atoms with Crippen LogP contribution in [0.25, 0.3) is 0 Å². The first-order valence-corrected chi connectivity index (χ1v) is 7.42. The molecule has 0 atom stereocenters. The van der Waals surface area contributed by atoms with Gasteiger partial charge in [0.25, 0.3) is 0 Å². The van der Waals surface area contributed by atoms with Crippen LogP contribution in [-0.4, -0.2) is 77.8 Å². The second kappa shape index (κ2) is 15.9. The highest BCUT2D eigenvalue weighted by molar-refractivity contribution is 4.55. The molecule has 116 valence electrons. The lowest BCUT2D eigenvalue weighted by atomic mass is 10.4. The molecular weight excluding hydrogens is 244 g/mol. The Morgan fingerprint density at radius 1 is 0.842 bits per heavy atom. The fourth-order valence-electron chi connectivity index (χ4n) is 1.66. The molecule has 0 amide bonds. The van der Waals surface area contributed by atoms with Gasteiger partial charge in [-0.15, -0.1) is 0 Å². The summed E-state index contributed by atoms with van der Waals surface area (Å²) in [5, 5.41) is 3.39. The Morgan fingerprint density at radius 2 is 1.53 bits per heavy atom. The molecule has 0 saturated heterocycles. The lowest BCUT2D eigenvalue weighted by Gasteiger charge is -2.17. The van der Waals surface area contributed by atoms with Crippen LogP contribution >= 0.6 is 0 Å². The van der Waals surface area contributed by atoms with Gasteiger partial charge >= 0.3 is 0 Å². The van der Waals surface area contributed by atoms with Crippen molar-refractivity contribution < 1.29 is 14.2 Å². The van der Waals surface area contributed by atoms with Gasteiger partial charge in [0.05, 0.1) is 19.8 Å². The van der Waals surface area contributed by atoms with E-state index >= 15 is 0 Å². The first kappa shape index (κ1) is 18.8. The first-order valence-electron chi connectivity index (χ1n) is 7.42. The maximum absolute atomic E-state index is 5.51. The molecule has 19 heavy (non-hydrogen) atoms. The fourth-order valence-corrected chi connectivity index (χ4v) is 1.66. The number of hydrogen-bond acceptors (Lipinski definition) is 5. The van der Waals surface area contributed by atoms with Crippen molar-refractivity contribution >= 4 is 0 Å². The number of hydrogen-bond donors (Lipinski definition) is 1. The summed E-state index contributed by atoms with van der Waals surface area (Å²) in [6, 6.07) is 0. The number of nitrogens with one attached hydrogen (secondary N) is 1. The van der Waals surface area contributed by atoms with Gasteiger partial charge in [-0.05, 0) is 19.5 Å². The van der Waals surface area contributed by atoms with E-state index in [2.05, 4.69) is 24.1 Å². The standard InChI is InChI=1S/C14H32N2O3/c1-4-16(5-2)9-7-15-8-12-18-10-6-11-19-14-13-17-3/h15H,4-14H2,1-3H3. The maximum atomic E-state index is 5.51. The summed E-state index contributed by atoms with van der Waals surface area (Å²) in [6.07, 6.45) is 0.948. The number of rotatable bonds is 15. The quantitative estimate of drug-likeness (QED) is 0.452. The minimum absolute atomic E-state index is 0.664. The second-order valence-electron chi connectivity index (χ2n) is 4.35. The minimum Gasteiger partial charge on any atom is -0.382 e. The zero-order valence-corrected chi connectivity index (χ0v) is 13.0. The summed E-state index contributed by atoms with van der Waals surface area (Å²) in [7, 11) is 1.68. The Bertz CT molecular complexity index is 167. The largest absolute Gasteiger partial charge is 0.382 e. The van der Waals surface area contributed by atoms with E-state index in [9.17, 15) is 0 Å². The molecule has 1 N–H and O–H groups in total. The fraction of sp³-hybridized carbons (Fsp3) is 1.00. The van der Waals surface area contributed by atoms with Gasteiger partial charge in [-0.25, -0.2) is 0 Å². The van der Waals surface area contributed by atoms with Crippen LogP contribution < -0.4 is 5.32 Å². The van der Waals surface area contributed by atoms with E-state index in [0.717, 1.165) is 59.0 Å². The van der Waals surface area contributed by atoms with Crippen molar-refractivity contribution in [2.45, 2.75) is 20.3 Å². The molecule has 0 aliphatic rings. The summed E-state index contributed by atoms with van der Waals surface area (Å²) in [5.41, 5.74) is 0. The third kappa shape index (κ3) is 14.0. The summed E-state index contributed by atoms with van der Waals surface area (Å²) in [6.45, 7) is 13.3. The molecule has 0 aromatic rings. The molecule has 0 aromatic carbocycles. The van der Waals surface area contributed by atoms with Crippen molar-refractivity contribution in [3.8, 4) is 0 Å². The molecule has 0 fully saturated rings. The Morgan fingerprint density at radius 3 is 2.16 bits per heavy atom. The van der Waals surface area contributed by atoms with Gasteiger partial charge in [-0.2, -0.15) is 0 Å². The molecule has 0 aliphatic heterocycles. The smallest absolute Gasteiger partial charge is 0.0700 e. The predicted octanol–water partition coefficient (Wildman–Crippen LogP) is 0.988. The van der Waals surface area contributed by atoms with Crippen molar-refractivity contribution in [1.29, 1.82) is 0 Å². The number of methoxy groups -OCH3 is 1. The lowest BCUT2D eigenvalue weighted by molar-refractivity contribution is 0.0518. The highest BCUT2D eigenvalue weighted by Crippen LogP contribution is 1.86. The number of likely N-dealkylation sites (N-methyl/N-ethyl adjacent to an activating group) is 1. The van der Waals surface area contributed by atoms with E-state index in [4.69, 9.17) is 14.2 Å². The van der Waals surface area contributed by atoms with Crippen LogP contribution in [0.1, 0.15) is 20.3 Å². The Hall–Kier alpha value is -0.200. The van der Waals surface area contributed by atoms with Gasteiger partial charge in [0.1, 0.15) is 0 Å². The molecule has 0 aliphatic carbocycles. The van der Waals surface area contributed by atoms with Crippen LogP contribution in [0.2, 0.25) is 0 Å². The van der Waals surface area contributed by atoms with E-state index in [1.807, 2.05) is 0 Å². The average Bonchev–Trinajstić information content (AvgIpc) is 2.44. The van der Waals surface area contributed by atoms with E-state index in [1.54, 1.807) is 7.11 Å². The third-order valence-electron chi connectivity index (χ3n) is 2.93. The molecule has 0 saturated carbocycles. The Balaban J connectivity index is 3.02. The van der Waals surface area contributed by atoms with Crippen molar-refractivity contribution in [2.75, 3.05) is 72.9 Å². The topological polar surface area (TPSA) is 43.0 Å². The molecular formula is C14H32N2O3. The van der Waals surface area contributed by atoms with Crippen molar-refractivity contribution in [3.63, 3.8) is 0 Å². The molecule has 5 nitrogen and oxygen atoms in total. The molecule has 0 heterocycles. The summed E-state index contributed by atoms with van der Waals surface area (Å²) < 4.78 is 15.7. The first-order chi connectivity index (χ1) is 9.35. The van der Waals surface area contributed by atoms with Crippen molar-refractivity contribution in [3.05, 3.63) is 0 Å². The Kier molecular flexibility index (Phi) is 15.7. The SMILES string of the molecule is CCN(CC)CCNCCOCCCOCCOC. The van der Waals surface area contributed by atoms with Crippen LogP contribution in [0.3, 0.4) is 0 Å². The zero-order chi connectivity index (χ0) is 14.2. The van der Waals surface area contributed by atoms with Crippen LogP contribution in [0, 0.1) is 0 Å². The van der Waals surface area contributed by atoms with E-state index in [1.165, 1.54) is 0 Å². The minimum atomic E-state index is 0.664. The van der Waals surface area contributed by atoms with Crippen LogP contribution in [0.4, 0.5) is 0 Å². The lowest BCUT2D eigenvalue weighted by Crippen LogP contribution is -2.33. The zero-order valence-electron chi connectivity index (χ0n) is 13.0. The van der Waals surface area contributed by atoms with Gasteiger partial charge in [-0.1, -0.05) is 13.8 Å². The predicted molar refractivity (Wildman–Crippen MR) is 78.8 cm³/mol. The Labute approximate surface area is 118 Å². The number of nitrogens with zero attached hydrogens (tertiary/aromatic N) is 1. The summed E-state index contributed by atoms with van der Waals surface area (Å²) in [4.78, 5) is 2.41. The van der Waals surface area contributed by atoms with Gasteiger partial charge in [0.15, 0.2) is 0 Å². The van der Waals surface area contributed by atoms with Crippen LogP contribution in [0.5, 0.6) is 0 Å². The van der Waals surface area contributed by atoms with Gasteiger partial charge in [-0.3, -0.25) is 0 Å². The summed E-state index contributed by atoms with van der Waals surface area (Å²) in [5.74, 6) is 0. The molecule has 5 heteroatoms. The van der Waals surface area contributed by atoms with Gasteiger partial charge < -0.3 is 24.4 Å².